The molecule has 0 N–H and O–H groups in total. The van der Waals surface area contributed by atoms with Crippen LogP contribution < -0.4 is 0 Å². The van der Waals surface area contributed by atoms with Gasteiger partial charge in [-0.1, -0.05) is 0 Å². The molecule has 0 amide bonds. The Morgan fingerprint density at radius 1 is 1.33 bits per heavy atom. The van der Waals surface area contributed by atoms with Crippen molar-refractivity contribution in [3.05, 3.63) is 45.4 Å². The van der Waals surface area contributed by atoms with Crippen molar-refractivity contribution in [1.82, 2.24) is 4.98 Å². The van der Waals surface area contributed by atoms with Gasteiger partial charge in [0.25, 0.3) is 10.5 Å². The first-order valence-corrected chi connectivity index (χ1v) is 4.82. The van der Waals surface area contributed by atoms with E-state index in [-0.39, 0.29) is 5.69 Å². The van der Waals surface area contributed by atoms with E-state index in [9.17, 15) is 10.1 Å². The largest absolute Gasteiger partial charge is 0.431 e. The molecule has 6 heteroatoms. The van der Waals surface area contributed by atoms with E-state index in [2.05, 4.69) is 20.9 Å². The lowest BCUT2D eigenvalue weighted by molar-refractivity contribution is -0.384. The zero-order valence-electron chi connectivity index (χ0n) is 7.38. The van der Waals surface area contributed by atoms with Crippen molar-refractivity contribution in [2.24, 2.45) is 0 Å². The molecule has 76 valence electrons. The van der Waals surface area contributed by atoms with Crippen LogP contribution in [0, 0.1) is 10.1 Å². The predicted molar refractivity (Wildman–Crippen MR) is 56.3 cm³/mol. The summed E-state index contributed by atoms with van der Waals surface area (Å²) in [4.78, 5) is 14.2. The number of nitrogens with zero attached hydrogens (tertiary/aromatic N) is 2. The average Bonchev–Trinajstić information content (AvgIpc) is 2.65. The van der Waals surface area contributed by atoms with Crippen LogP contribution in [0.25, 0.3) is 11.3 Å². The highest BCUT2D eigenvalue weighted by molar-refractivity contribution is 9.10. The van der Waals surface area contributed by atoms with Gasteiger partial charge in [-0.2, -0.15) is 0 Å². The van der Waals surface area contributed by atoms with Gasteiger partial charge in [0.05, 0.1) is 11.1 Å². The van der Waals surface area contributed by atoms with E-state index in [4.69, 9.17) is 4.42 Å². The molecule has 2 aromatic rings. The molecule has 0 aliphatic heterocycles. The molecule has 0 radical (unpaired) electrons. The maximum atomic E-state index is 10.4. The molecule has 0 saturated heterocycles. The van der Waals surface area contributed by atoms with Gasteiger partial charge < -0.3 is 4.42 Å². The van der Waals surface area contributed by atoms with E-state index in [0.29, 0.717) is 10.6 Å². The smallest absolute Gasteiger partial charge is 0.269 e. The standard InChI is InChI=1S/C9H5BrN2O3/c10-9-11-5-8(15-9)6-1-3-7(4-2-6)12(13)14/h1-5H. The zero-order valence-corrected chi connectivity index (χ0v) is 8.97. The van der Waals surface area contributed by atoms with Crippen molar-refractivity contribution in [1.29, 1.82) is 0 Å². The molecule has 0 atom stereocenters. The Bertz CT molecular complexity index is 492. The van der Waals surface area contributed by atoms with Gasteiger partial charge in [-0.05, 0) is 12.1 Å². The molecular weight excluding hydrogens is 264 g/mol. The first kappa shape index (κ1) is 9.85. The molecule has 0 bridgehead atoms. The van der Waals surface area contributed by atoms with Gasteiger partial charge in [-0.25, -0.2) is 4.98 Å². The fraction of sp³-hybridized carbons (Fsp3) is 0. The second-order valence-corrected chi connectivity index (χ2v) is 3.46. The van der Waals surface area contributed by atoms with Gasteiger partial charge in [0.1, 0.15) is 0 Å². The molecule has 1 aromatic heterocycles. The van der Waals surface area contributed by atoms with Gasteiger partial charge >= 0.3 is 0 Å². The number of hydrogen-bond donors (Lipinski definition) is 0. The molecule has 0 fully saturated rings. The number of non-ortho nitro benzene ring substituents is 1. The van der Waals surface area contributed by atoms with Gasteiger partial charge in [-0.15, -0.1) is 0 Å². The number of nitro benzene ring substituents is 1. The van der Waals surface area contributed by atoms with Crippen LogP contribution in [0.4, 0.5) is 5.69 Å². The third-order valence-electron chi connectivity index (χ3n) is 1.84. The number of aromatic nitrogens is 1. The SMILES string of the molecule is O=[N+]([O-])c1ccc(-c2cnc(Br)o2)cc1. The maximum Gasteiger partial charge on any atom is 0.269 e. The average molecular weight is 269 g/mol. The van der Waals surface area contributed by atoms with E-state index < -0.39 is 4.92 Å². The van der Waals surface area contributed by atoms with Crippen molar-refractivity contribution in [2.75, 3.05) is 0 Å². The topological polar surface area (TPSA) is 69.2 Å². The quantitative estimate of drug-likeness (QED) is 0.620. The highest BCUT2D eigenvalue weighted by Gasteiger charge is 2.07. The van der Waals surface area contributed by atoms with E-state index in [1.165, 1.54) is 12.1 Å². The molecular formula is C9H5BrN2O3. The van der Waals surface area contributed by atoms with Crippen LogP contribution in [0.15, 0.2) is 39.7 Å². The van der Waals surface area contributed by atoms with E-state index in [0.717, 1.165) is 5.56 Å². The molecule has 0 aliphatic rings. The fourth-order valence-corrected chi connectivity index (χ4v) is 1.41. The molecule has 15 heavy (non-hydrogen) atoms. The third kappa shape index (κ3) is 2.04. The number of rotatable bonds is 2. The Morgan fingerprint density at radius 3 is 2.47 bits per heavy atom. The minimum Gasteiger partial charge on any atom is -0.431 e. The number of nitro groups is 1. The van der Waals surface area contributed by atoms with Crippen molar-refractivity contribution in [2.45, 2.75) is 0 Å². The monoisotopic (exact) mass is 268 g/mol. The summed E-state index contributed by atoms with van der Waals surface area (Å²) in [5, 5.41) is 10.4. The zero-order chi connectivity index (χ0) is 10.8. The minimum absolute atomic E-state index is 0.0531. The second kappa shape index (κ2) is 3.82. The molecule has 1 heterocycles. The molecule has 2 rings (SSSR count). The van der Waals surface area contributed by atoms with Gasteiger partial charge in [0, 0.05) is 33.6 Å². The molecule has 1 aromatic carbocycles. The van der Waals surface area contributed by atoms with Gasteiger partial charge in [-0.3, -0.25) is 10.1 Å². The van der Waals surface area contributed by atoms with Crippen LogP contribution >= 0.6 is 15.9 Å². The van der Waals surface area contributed by atoms with Crippen molar-refractivity contribution in [3.63, 3.8) is 0 Å². The summed E-state index contributed by atoms with van der Waals surface area (Å²) in [6.07, 6.45) is 1.55. The Morgan fingerprint density at radius 2 is 2.00 bits per heavy atom. The first-order chi connectivity index (χ1) is 7.16. The Balaban J connectivity index is 2.35. The van der Waals surface area contributed by atoms with Gasteiger partial charge in [0.15, 0.2) is 5.76 Å². The molecule has 0 unspecified atom stereocenters. The van der Waals surface area contributed by atoms with E-state index in [1.54, 1.807) is 18.3 Å². The Labute approximate surface area is 93.0 Å². The van der Waals surface area contributed by atoms with E-state index in [1.807, 2.05) is 0 Å². The first-order valence-electron chi connectivity index (χ1n) is 4.03. The summed E-state index contributed by atoms with van der Waals surface area (Å²) in [6.45, 7) is 0. The number of oxazole rings is 1. The lowest BCUT2D eigenvalue weighted by Gasteiger charge is -1.94. The van der Waals surface area contributed by atoms with Crippen molar-refractivity contribution >= 4 is 21.6 Å². The lowest BCUT2D eigenvalue weighted by Crippen LogP contribution is -1.86. The summed E-state index contributed by atoms with van der Waals surface area (Å²) in [6, 6.07) is 6.08. The van der Waals surface area contributed by atoms with Crippen molar-refractivity contribution < 1.29 is 9.34 Å². The highest BCUT2D eigenvalue weighted by Crippen LogP contribution is 2.24. The van der Waals surface area contributed by atoms with Crippen LogP contribution in [-0.4, -0.2) is 9.91 Å². The molecule has 0 saturated carbocycles. The highest BCUT2D eigenvalue weighted by atomic mass is 79.9. The lowest BCUT2D eigenvalue weighted by atomic mass is 10.2. The fourth-order valence-electron chi connectivity index (χ4n) is 1.13. The molecule has 0 spiro atoms. The normalized spacial score (nSPS) is 10.2. The Hall–Kier alpha value is -1.69. The van der Waals surface area contributed by atoms with Crippen LogP contribution in [0.3, 0.4) is 0 Å². The third-order valence-corrected chi connectivity index (χ3v) is 2.21. The number of halogens is 1. The minimum atomic E-state index is -0.444. The van der Waals surface area contributed by atoms with Crippen LogP contribution in [0.1, 0.15) is 0 Å². The number of hydrogen-bond acceptors (Lipinski definition) is 4. The summed E-state index contributed by atoms with van der Waals surface area (Å²) in [5.41, 5.74) is 0.802. The van der Waals surface area contributed by atoms with Crippen molar-refractivity contribution in [3.8, 4) is 11.3 Å². The summed E-state index contributed by atoms with van der Waals surface area (Å²) in [7, 11) is 0. The molecule has 0 aliphatic carbocycles. The van der Waals surface area contributed by atoms with Gasteiger partial charge in [0.2, 0.25) is 0 Å². The summed E-state index contributed by atoms with van der Waals surface area (Å²) >= 11 is 3.08. The van der Waals surface area contributed by atoms with Crippen LogP contribution in [0.2, 0.25) is 0 Å². The number of benzene rings is 1. The summed E-state index contributed by atoms with van der Waals surface area (Å²) in [5.74, 6) is 0.566. The summed E-state index contributed by atoms with van der Waals surface area (Å²) < 4.78 is 5.21. The predicted octanol–water partition coefficient (Wildman–Crippen LogP) is 3.01. The van der Waals surface area contributed by atoms with Crippen LogP contribution in [0.5, 0.6) is 0 Å². The van der Waals surface area contributed by atoms with Crippen LogP contribution in [-0.2, 0) is 0 Å². The second-order valence-electron chi connectivity index (χ2n) is 2.78. The Kier molecular flexibility index (Phi) is 2.51. The molecule has 5 nitrogen and oxygen atoms in total. The van der Waals surface area contributed by atoms with E-state index >= 15 is 0 Å². The maximum absolute atomic E-state index is 10.4.